The van der Waals surface area contributed by atoms with Gasteiger partial charge in [-0.05, 0) is 19.1 Å². The van der Waals surface area contributed by atoms with Crippen molar-refractivity contribution in [2.75, 3.05) is 0 Å². The fourth-order valence-corrected chi connectivity index (χ4v) is 0.638. The fraction of sp³-hybridized carbons (Fsp3) is 0.167. The van der Waals surface area contributed by atoms with Gasteiger partial charge in [0.05, 0.1) is 0 Å². The molecule has 0 saturated carbocycles. The molecule has 1 heterocycles. The SMILES string of the molecule is Cc1cccc(O[B]O)n1. The molecule has 0 amide bonds. The molecule has 0 aromatic carbocycles. The topological polar surface area (TPSA) is 42.4 Å². The third-order valence-electron chi connectivity index (χ3n) is 1.04. The molecule has 1 aromatic rings. The van der Waals surface area contributed by atoms with Crippen molar-refractivity contribution < 1.29 is 9.68 Å². The summed E-state index contributed by atoms with van der Waals surface area (Å²) in [6, 6.07) is 5.32. The first kappa shape index (κ1) is 7.09. The van der Waals surface area contributed by atoms with Crippen molar-refractivity contribution in [2.45, 2.75) is 6.92 Å². The number of rotatable bonds is 2. The van der Waals surface area contributed by atoms with Gasteiger partial charge in [0, 0.05) is 5.69 Å². The minimum Gasteiger partial charge on any atom is -0.523 e. The average molecular weight is 136 g/mol. The second-order valence-corrected chi connectivity index (χ2v) is 1.84. The second-order valence-electron chi connectivity index (χ2n) is 1.84. The van der Waals surface area contributed by atoms with Gasteiger partial charge in [-0.15, -0.1) is 0 Å². The van der Waals surface area contributed by atoms with Crippen LogP contribution < -0.4 is 4.65 Å². The first-order valence-corrected chi connectivity index (χ1v) is 2.89. The van der Waals surface area contributed by atoms with E-state index in [1.807, 2.05) is 13.0 Å². The van der Waals surface area contributed by atoms with Crippen LogP contribution in [0.3, 0.4) is 0 Å². The largest absolute Gasteiger partial charge is 0.570 e. The van der Waals surface area contributed by atoms with E-state index in [0.717, 1.165) is 5.69 Å². The van der Waals surface area contributed by atoms with Crippen LogP contribution in [0.2, 0.25) is 0 Å². The molecule has 0 atom stereocenters. The van der Waals surface area contributed by atoms with E-state index in [-0.39, 0.29) is 0 Å². The Morgan fingerprint density at radius 3 is 3.00 bits per heavy atom. The van der Waals surface area contributed by atoms with Crippen molar-refractivity contribution in [2.24, 2.45) is 0 Å². The van der Waals surface area contributed by atoms with Gasteiger partial charge in [0.1, 0.15) is 0 Å². The highest BCUT2D eigenvalue weighted by Gasteiger charge is 1.93. The van der Waals surface area contributed by atoms with Crippen LogP contribution in [-0.4, -0.2) is 17.7 Å². The Morgan fingerprint density at radius 2 is 2.40 bits per heavy atom. The Balaban J connectivity index is 2.75. The van der Waals surface area contributed by atoms with E-state index in [2.05, 4.69) is 9.64 Å². The van der Waals surface area contributed by atoms with Gasteiger partial charge in [0.2, 0.25) is 0 Å². The quantitative estimate of drug-likeness (QED) is 0.594. The van der Waals surface area contributed by atoms with Crippen LogP contribution in [0, 0.1) is 6.92 Å². The molecule has 0 spiro atoms. The minimum absolute atomic E-state index is 0.405. The Labute approximate surface area is 60.0 Å². The highest BCUT2D eigenvalue weighted by molar-refractivity contribution is 6.17. The minimum atomic E-state index is 0.405. The number of hydrogen-bond donors (Lipinski definition) is 1. The van der Waals surface area contributed by atoms with Crippen LogP contribution >= 0.6 is 0 Å². The lowest BCUT2D eigenvalue weighted by Gasteiger charge is -1.98. The summed E-state index contributed by atoms with van der Waals surface area (Å²) in [4.78, 5) is 3.95. The molecule has 0 aliphatic heterocycles. The predicted octanol–water partition coefficient (Wildman–Crippen LogP) is 0.295. The third-order valence-corrected chi connectivity index (χ3v) is 1.04. The number of nitrogens with zero attached hydrogens (tertiary/aromatic N) is 1. The maximum Gasteiger partial charge on any atom is 0.570 e. The predicted molar refractivity (Wildman–Crippen MR) is 37.6 cm³/mol. The van der Waals surface area contributed by atoms with Crippen LogP contribution in [0.25, 0.3) is 0 Å². The summed E-state index contributed by atoms with van der Waals surface area (Å²) in [5, 5.41) is 8.22. The molecule has 0 aliphatic carbocycles. The van der Waals surface area contributed by atoms with Gasteiger partial charge >= 0.3 is 7.69 Å². The van der Waals surface area contributed by atoms with Gasteiger partial charge < -0.3 is 9.68 Å². The average Bonchev–Trinajstić information content (AvgIpc) is 1.88. The summed E-state index contributed by atoms with van der Waals surface area (Å²) in [5.41, 5.74) is 0.861. The summed E-state index contributed by atoms with van der Waals surface area (Å²) in [5.74, 6) is 0.405. The molecule has 0 saturated heterocycles. The maximum atomic E-state index is 8.22. The van der Waals surface area contributed by atoms with Crippen LogP contribution in [0.5, 0.6) is 5.88 Å². The Hall–Kier alpha value is -1.03. The fourth-order valence-electron chi connectivity index (χ4n) is 0.638. The smallest absolute Gasteiger partial charge is 0.523 e. The van der Waals surface area contributed by atoms with E-state index in [9.17, 15) is 0 Å². The summed E-state index contributed by atoms with van der Waals surface area (Å²) in [6.07, 6.45) is 0. The first-order chi connectivity index (χ1) is 4.83. The number of aromatic nitrogens is 1. The van der Waals surface area contributed by atoms with Crippen molar-refractivity contribution in [3.8, 4) is 5.88 Å². The van der Waals surface area contributed by atoms with Crippen LogP contribution in [0.4, 0.5) is 0 Å². The van der Waals surface area contributed by atoms with Crippen molar-refractivity contribution >= 4 is 7.69 Å². The Kier molecular flexibility index (Phi) is 2.28. The van der Waals surface area contributed by atoms with Crippen molar-refractivity contribution in [3.63, 3.8) is 0 Å². The molecule has 10 heavy (non-hydrogen) atoms. The Bertz CT molecular complexity index is 217. The lowest BCUT2D eigenvalue weighted by Crippen LogP contribution is -2.01. The highest BCUT2D eigenvalue weighted by Crippen LogP contribution is 2.04. The van der Waals surface area contributed by atoms with Crippen molar-refractivity contribution in [1.82, 2.24) is 4.98 Å². The van der Waals surface area contributed by atoms with E-state index < -0.39 is 0 Å². The molecule has 3 nitrogen and oxygen atoms in total. The molecule has 0 aliphatic rings. The van der Waals surface area contributed by atoms with E-state index in [1.54, 1.807) is 12.1 Å². The van der Waals surface area contributed by atoms with Gasteiger partial charge in [-0.3, -0.25) is 0 Å². The Morgan fingerprint density at radius 1 is 1.60 bits per heavy atom. The van der Waals surface area contributed by atoms with Crippen molar-refractivity contribution in [3.05, 3.63) is 23.9 Å². The molecule has 0 bridgehead atoms. The number of pyridine rings is 1. The zero-order chi connectivity index (χ0) is 7.40. The number of aryl methyl sites for hydroxylation is 1. The molecule has 1 rings (SSSR count). The highest BCUT2D eigenvalue weighted by atomic mass is 16.5. The van der Waals surface area contributed by atoms with Crippen LogP contribution in [0.15, 0.2) is 18.2 Å². The first-order valence-electron chi connectivity index (χ1n) is 2.89. The maximum absolute atomic E-state index is 8.22. The molecule has 1 radical (unpaired) electrons. The van der Waals surface area contributed by atoms with Gasteiger partial charge in [0.15, 0.2) is 5.88 Å². The molecule has 0 fully saturated rings. The molecule has 1 N–H and O–H groups in total. The molecule has 0 unspecified atom stereocenters. The van der Waals surface area contributed by atoms with Crippen LogP contribution in [-0.2, 0) is 0 Å². The second kappa shape index (κ2) is 3.22. The van der Waals surface area contributed by atoms with E-state index >= 15 is 0 Å². The molecule has 1 aromatic heterocycles. The van der Waals surface area contributed by atoms with Gasteiger partial charge in [-0.25, -0.2) is 4.98 Å². The molecular weight excluding hydrogens is 129 g/mol. The summed E-state index contributed by atoms with van der Waals surface area (Å²) in [7, 11) is 0.613. The standard InChI is InChI=1S/C6H7BNO2/c1-5-3-2-4-6(8-5)10-7-9/h2-4,9H,1H3. The van der Waals surface area contributed by atoms with E-state index in [4.69, 9.17) is 5.02 Å². The summed E-state index contributed by atoms with van der Waals surface area (Å²) in [6.45, 7) is 1.85. The summed E-state index contributed by atoms with van der Waals surface area (Å²) < 4.78 is 4.61. The summed E-state index contributed by atoms with van der Waals surface area (Å²) >= 11 is 0. The van der Waals surface area contributed by atoms with E-state index in [0.29, 0.717) is 13.6 Å². The van der Waals surface area contributed by atoms with E-state index in [1.165, 1.54) is 0 Å². The monoisotopic (exact) mass is 136 g/mol. The normalized spacial score (nSPS) is 9.00. The zero-order valence-corrected chi connectivity index (χ0v) is 5.61. The van der Waals surface area contributed by atoms with Gasteiger partial charge in [0.25, 0.3) is 0 Å². The van der Waals surface area contributed by atoms with Gasteiger partial charge in [-0.1, -0.05) is 6.07 Å². The lowest BCUT2D eigenvalue weighted by molar-refractivity contribution is 0.442. The molecule has 51 valence electrons. The zero-order valence-electron chi connectivity index (χ0n) is 5.61. The third kappa shape index (κ3) is 1.74. The molecule has 4 heteroatoms. The van der Waals surface area contributed by atoms with Crippen molar-refractivity contribution in [1.29, 1.82) is 0 Å². The molecular formula is C6H7BNO2. The van der Waals surface area contributed by atoms with Crippen LogP contribution in [0.1, 0.15) is 5.69 Å². The number of hydrogen-bond acceptors (Lipinski definition) is 3. The van der Waals surface area contributed by atoms with Gasteiger partial charge in [-0.2, -0.15) is 0 Å². The lowest BCUT2D eigenvalue weighted by atomic mass is 10.3.